The number of piperidine rings is 1. The van der Waals surface area contributed by atoms with Gasteiger partial charge in [-0.05, 0) is 43.7 Å². The van der Waals surface area contributed by atoms with Crippen LogP contribution < -0.4 is 5.69 Å². The van der Waals surface area contributed by atoms with Gasteiger partial charge in [0.15, 0.2) is 5.65 Å². The number of nitrogens with zero attached hydrogens (tertiary/aromatic N) is 3. The number of rotatable bonds is 2. The van der Waals surface area contributed by atoms with E-state index in [0.717, 1.165) is 12.8 Å². The number of likely N-dealkylation sites (tertiary alicyclic amines) is 1. The van der Waals surface area contributed by atoms with Crippen LogP contribution in [0.4, 0.5) is 0 Å². The lowest BCUT2D eigenvalue weighted by Crippen LogP contribution is -2.52. The van der Waals surface area contributed by atoms with Gasteiger partial charge in [-0.3, -0.25) is 4.79 Å². The summed E-state index contributed by atoms with van der Waals surface area (Å²) in [5, 5.41) is 17.0. The monoisotopic (exact) mass is 316 g/mol. The van der Waals surface area contributed by atoms with Crippen LogP contribution in [-0.2, 0) is 0 Å². The Morgan fingerprint density at radius 3 is 2.74 bits per heavy atom. The summed E-state index contributed by atoms with van der Waals surface area (Å²) in [5.41, 5.74) is -0.195. The minimum Gasteiger partial charge on any atom is -0.389 e. The molecule has 2 aromatic heterocycles. The van der Waals surface area contributed by atoms with Gasteiger partial charge < -0.3 is 10.0 Å². The Kier molecular flexibility index (Phi) is 3.26. The topological polar surface area (TPSA) is 90.7 Å². The molecule has 0 radical (unpaired) electrons. The molecule has 7 nitrogen and oxygen atoms in total. The van der Waals surface area contributed by atoms with Crippen molar-refractivity contribution in [2.24, 2.45) is 5.92 Å². The maximum atomic E-state index is 12.8. The lowest BCUT2D eigenvalue weighted by molar-refractivity contribution is -0.0861. The van der Waals surface area contributed by atoms with Gasteiger partial charge in [0.1, 0.15) is 0 Å². The van der Waals surface area contributed by atoms with Gasteiger partial charge in [0.05, 0.1) is 11.2 Å². The Hall–Kier alpha value is -2.15. The molecule has 2 aromatic rings. The highest BCUT2D eigenvalue weighted by Gasteiger charge is 2.43. The number of aromatic nitrogens is 3. The quantitative estimate of drug-likeness (QED) is 0.857. The summed E-state index contributed by atoms with van der Waals surface area (Å²) in [5.74, 6) is 0.262. The average Bonchev–Trinajstić information content (AvgIpc) is 2.87. The van der Waals surface area contributed by atoms with Crippen molar-refractivity contribution in [1.82, 2.24) is 19.5 Å². The molecule has 0 spiro atoms. The highest BCUT2D eigenvalue weighted by Crippen LogP contribution is 2.42. The highest BCUT2D eigenvalue weighted by atomic mass is 16.3. The van der Waals surface area contributed by atoms with Crippen LogP contribution in [0.1, 0.15) is 42.5 Å². The van der Waals surface area contributed by atoms with Gasteiger partial charge in [-0.25, -0.2) is 14.3 Å². The van der Waals surface area contributed by atoms with E-state index in [1.165, 1.54) is 10.8 Å². The van der Waals surface area contributed by atoms with Gasteiger partial charge in [0.25, 0.3) is 5.91 Å². The average molecular weight is 316 g/mol. The second kappa shape index (κ2) is 5.19. The number of H-pyrrole nitrogens is 1. The van der Waals surface area contributed by atoms with E-state index in [2.05, 4.69) is 10.2 Å². The molecule has 1 saturated heterocycles. The Morgan fingerprint density at radius 1 is 1.35 bits per heavy atom. The molecule has 0 unspecified atom stereocenters. The predicted octanol–water partition coefficient (Wildman–Crippen LogP) is 0.790. The summed E-state index contributed by atoms with van der Waals surface area (Å²) in [6.07, 6.45) is 6.23. The molecule has 0 aromatic carbocycles. The first-order valence-corrected chi connectivity index (χ1v) is 8.16. The first kappa shape index (κ1) is 14.4. The third-order valence-electron chi connectivity index (χ3n) is 5.46. The van der Waals surface area contributed by atoms with Crippen molar-refractivity contribution in [2.45, 2.75) is 37.7 Å². The maximum absolute atomic E-state index is 12.8. The van der Waals surface area contributed by atoms with Crippen LogP contribution in [0.5, 0.6) is 0 Å². The molecule has 4 rings (SSSR count). The second-order valence-electron chi connectivity index (χ2n) is 6.67. The third-order valence-corrected chi connectivity index (χ3v) is 5.46. The highest BCUT2D eigenvalue weighted by molar-refractivity contribution is 5.99. The summed E-state index contributed by atoms with van der Waals surface area (Å²) < 4.78 is 1.34. The summed E-state index contributed by atoms with van der Waals surface area (Å²) in [6.45, 7) is 1.09. The number of carbonyl (C=O) groups is 1. The number of pyridine rings is 1. The number of aliphatic hydroxyl groups is 1. The zero-order chi connectivity index (χ0) is 16.0. The summed E-state index contributed by atoms with van der Waals surface area (Å²) in [7, 11) is 0. The smallest absolute Gasteiger partial charge is 0.347 e. The normalized spacial score (nSPS) is 21.3. The summed E-state index contributed by atoms with van der Waals surface area (Å²) in [4.78, 5) is 26.1. The van der Waals surface area contributed by atoms with Crippen LogP contribution in [0.25, 0.3) is 5.65 Å². The Bertz CT molecular complexity index is 797. The maximum Gasteiger partial charge on any atom is 0.347 e. The molecule has 0 atom stereocenters. The minimum atomic E-state index is -0.607. The second-order valence-corrected chi connectivity index (χ2v) is 6.67. The molecule has 122 valence electrons. The van der Waals surface area contributed by atoms with Crippen molar-refractivity contribution in [3.05, 3.63) is 34.4 Å². The van der Waals surface area contributed by atoms with Gasteiger partial charge in [-0.1, -0.05) is 6.42 Å². The van der Waals surface area contributed by atoms with E-state index in [1.54, 1.807) is 23.2 Å². The lowest BCUT2D eigenvalue weighted by atomic mass is 9.69. The molecular weight excluding hydrogens is 296 g/mol. The molecule has 2 N–H and O–H groups in total. The number of amides is 1. The van der Waals surface area contributed by atoms with E-state index in [-0.39, 0.29) is 11.6 Å². The molecule has 1 amide bonds. The van der Waals surface area contributed by atoms with Gasteiger partial charge >= 0.3 is 5.69 Å². The van der Waals surface area contributed by atoms with Gasteiger partial charge in [0.2, 0.25) is 0 Å². The largest absolute Gasteiger partial charge is 0.389 e. The molecule has 2 fully saturated rings. The molecule has 7 heteroatoms. The van der Waals surface area contributed by atoms with Gasteiger partial charge in [-0.15, -0.1) is 0 Å². The van der Waals surface area contributed by atoms with Crippen molar-refractivity contribution in [3.8, 4) is 0 Å². The van der Waals surface area contributed by atoms with E-state index in [0.29, 0.717) is 43.1 Å². The van der Waals surface area contributed by atoms with Gasteiger partial charge in [0, 0.05) is 19.3 Å². The van der Waals surface area contributed by atoms with Crippen LogP contribution in [0.3, 0.4) is 0 Å². The molecule has 1 aliphatic carbocycles. The molecule has 23 heavy (non-hydrogen) atoms. The fraction of sp³-hybridized carbons (Fsp3) is 0.562. The molecule has 1 aliphatic heterocycles. The molecule has 0 bridgehead atoms. The summed E-state index contributed by atoms with van der Waals surface area (Å²) >= 11 is 0. The van der Waals surface area contributed by atoms with Crippen LogP contribution in [0, 0.1) is 5.92 Å². The van der Waals surface area contributed by atoms with Crippen molar-refractivity contribution >= 4 is 11.6 Å². The van der Waals surface area contributed by atoms with Crippen molar-refractivity contribution in [2.75, 3.05) is 13.1 Å². The first-order valence-electron chi connectivity index (χ1n) is 8.16. The standard InChI is InChI=1S/C16H20N4O3/c21-14(12-5-2-8-20-13(12)17-18-15(20)22)19-9-6-16(23,7-10-19)11-3-1-4-11/h2,5,8,11,23H,1,3-4,6-7,9-10H2,(H,18,22). The van der Waals surface area contributed by atoms with E-state index in [4.69, 9.17) is 0 Å². The number of nitrogens with one attached hydrogen (secondary N) is 1. The molecule has 1 saturated carbocycles. The molecule has 3 heterocycles. The zero-order valence-corrected chi connectivity index (χ0v) is 12.9. The van der Waals surface area contributed by atoms with Crippen molar-refractivity contribution in [1.29, 1.82) is 0 Å². The number of hydrogen-bond acceptors (Lipinski definition) is 4. The summed E-state index contributed by atoms with van der Waals surface area (Å²) in [6, 6.07) is 3.36. The van der Waals surface area contributed by atoms with Crippen molar-refractivity contribution < 1.29 is 9.90 Å². The van der Waals surface area contributed by atoms with Crippen molar-refractivity contribution in [3.63, 3.8) is 0 Å². The Balaban J connectivity index is 1.54. The fourth-order valence-corrected chi connectivity index (χ4v) is 3.72. The SMILES string of the molecule is O=C(c1cccn2c(=O)[nH]nc12)N1CCC(O)(C2CCC2)CC1. The predicted molar refractivity (Wildman–Crippen MR) is 83.2 cm³/mol. The first-order chi connectivity index (χ1) is 11.1. The van der Waals surface area contributed by atoms with Gasteiger partial charge in [-0.2, -0.15) is 5.10 Å². The fourth-order valence-electron chi connectivity index (χ4n) is 3.72. The van der Waals surface area contributed by atoms with E-state index in [9.17, 15) is 14.7 Å². The van der Waals surface area contributed by atoms with Crippen LogP contribution in [0.2, 0.25) is 0 Å². The van der Waals surface area contributed by atoms with Crippen LogP contribution in [0.15, 0.2) is 23.1 Å². The minimum absolute atomic E-state index is 0.134. The Labute approximate surface area is 132 Å². The lowest BCUT2D eigenvalue weighted by Gasteiger charge is -2.46. The van der Waals surface area contributed by atoms with E-state index in [1.807, 2.05) is 0 Å². The van der Waals surface area contributed by atoms with E-state index < -0.39 is 5.60 Å². The molecule has 2 aliphatic rings. The number of carbonyl (C=O) groups excluding carboxylic acids is 1. The van der Waals surface area contributed by atoms with E-state index >= 15 is 0 Å². The number of aromatic amines is 1. The number of fused-ring (bicyclic) bond motifs is 1. The number of hydrogen-bond donors (Lipinski definition) is 2. The van der Waals surface area contributed by atoms with Crippen LogP contribution in [-0.4, -0.2) is 49.2 Å². The molecular formula is C16H20N4O3. The zero-order valence-electron chi connectivity index (χ0n) is 12.9. The third kappa shape index (κ3) is 2.26. The Morgan fingerprint density at radius 2 is 2.09 bits per heavy atom. The van der Waals surface area contributed by atoms with Crippen LogP contribution >= 0.6 is 0 Å².